The van der Waals surface area contributed by atoms with Crippen molar-refractivity contribution in [3.05, 3.63) is 121 Å². The molecular weight excluding hydrogens is 426 g/mol. The molecule has 4 N–H and O–H groups in total. The van der Waals surface area contributed by atoms with Gasteiger partial charge >= 0.3 is 0 Å². The molecule has 0 radical (unpaired) electrons. The number of hydrogen-bond acceptors (Lipinski definition) is 2. The molecule has 0 aliphatic rings. The molecule has 1 unspecified atom stereocenters. The molecule has 0 heterocycles. The first kappa shape index (κ1) is 22.8. The van der Waals surface area contributed by atoms with Crippen LogP contribution in [0.25, 0.3) is 0 Å². The zero-order valence-corrected chi connectivity index (χ0v) is 20.2. The van der Waals surface area contributed by atoms with E-state index in [9.17, 15) is 0 Å². The molecule has 162 valence electrons. The van der Waals surface area contributed by atoms with Crippen molar-refractivity contribution in [1.29, 1.82) is 0 Å². The van der Waals surface area contributed by atoms with Crippen molar-refractivity contribution in [1.82, 2.24) is 0 Å². The van der Waals surface area contributed by atoms with Gasteiger partial charge in [-0.1, -0.05) is 121 Å². The molecule has 1 atom stereocenters. The van der Waals surface area contributed by atoms with E-state index < -0.39 is 15.8 Å². The van der Waals surface area contributed by atoms with E-state index in [1.807, 2.05) is 0 Å². The van der Waals surface area contributed by atoms with Gasteiger partial charge in [-0.3, -0.25) is 0 Å². The summed E-state index contributed by atoms with van der Waals surface area (Å²) in [6.07, 6.45) is 0. The number of nitrogens with two attached hydrogens (primary N) is 2. The highest BCUT2D eigenvalue weighted by atomic mass is 31.2. The minimum atomic E-state index is -0.804. The fourth-order valence-electron chi connectivity index (χ4n) is 4.31. The summed E-state index contributed by atoms with van der Waals surface area (Å²) in [5.41, 5.74) is 13.4. The largest absolute Gasteiger partial charge is 0.329 e. The van der Waals surface area contributed by atoms with Crippen LogP contribution >= 0.6 is 15.8 Å². The maximum atomic E-state index is 7.01. The number of benzene rings is 4. The highest BCUT2D eigenvalue weighted by Gasteiger charge is 2.48. The van der Waals surface area contributed by atoms with Crippen molar-refractivity contribution in [2.24, 2.45) is 11.5 Å². The van der Waals surface area contributed by atoms with Crippen LogP contribution in [0.4, 0.5) is 0 Å². The van der Waals surface area contributed by atoms with Gasteiger partial charge in [0.2, 0.25) is 0 Å². The summed E-state index contributed by atoms with van der Waals surface area (Å²) in [5.74, 6) is 0. The number of hydrogen-bond donors (Lipinski definition) is 2. The zero-order valence-electron chi connectivity index (χ0n) is 18.4. The monoisotopic (exact) mass is 456 g/mol. The van der Waals surface area contributed by atoms with Crippen LogP contribution in [0, 0.1) is 0 Å². The average Bonchev–Trinajstić information content (AvgIpc) is 2.86. The van der Waals surface area contributed by atoms with Crippen LogP contribution in [0.2, 0.25) is 0 Å². The van der Waals surface area contributed by atoms with E-state index in [0.29, 0.717) is 6.54 Å². The first-order valence-electron chi connectivity index (χ1n) is 10.9. The third-order valence-corrected chi connectivity index (χ3v) is 12.9. The van der Waals surface area contributed by atoms with Crippen molar-refractivity contribution in [3.8, 4) is 0 Å². The van der Waals surface area contributed by atoms with E-state index in [1.165, 1.54) is 21.2 Å². The van der Waals surface area contributed by atoms with Crippen molar-refractivity contribution in [3.63, 3.8) is 0 Å². The van der Waals surface area contributed by atoms with Crippen LogP contribution in [-0.4, -0.2) is 17.5 Å². The van der Waals surface area contributed by atoms with Crippen LogP contribution in [0.5, 0.6) is 0 Å². The summed E-state index contributed by atoms with van der Waals surface area (Å²) >= 11 is 0. The van der Waals surface area contributed by atoms with E-state index in [2.05, 4.69) is 128 Å². The van der Waals surface area contributed by atoms with Crippen LogP contribution in [0.3, 0.4) is 0 Å². The lowest BCUT2D eigenvalue weighted by molar-refractivity contribution is 0.631. The highest BCUT2D eigenvalue weighted by molar-refractivity contribution is 7.91. The lowest BCUT2D eigenvalue weighted by atomic mass is 10.2. The molecule has 0 spiro atoms. The minimum Gasteiger partial charge on any atom is -0.329 e. The summed E-state index contributed by atoms with van der Waals surface area (Å²) < 4.78 is 0. The third-order valence-electron chi connectivity index (χ3n) is 5.92. The molecular formula is C28H30N2P2. The van der Waals surface area contributed by atoms with Gasteiger partial charge < -0.3 is 11.5 Å². The van der Waals surface area contributed by atoms with E-state index in [0.717, 1.165) is 0 Å². The van der Waals surface area contributed by atoms with Crippen LogP contribution in [-0.2, 0) is 0 Å². The predicted molar refractivity (Wildman–Crippen MR) is 144 cm³/mol. The van der Waals surface area contributed by atoms with Gasteiger partial charge in [0.25, 0.3) is 0 Å². The SMILES string of the molecule is CC(C(N)CN)(P(c1ccccc1)c1ccccc1)P(c1ccccc1)c1ccccc1. The Morgan fingerprint density at radius 1 is 0.562 bits per heavy atom. The van der Waals surface area contributed by atoms with Gasteiger partial charge in [0.1, 0.15) is 0 Å². The number of rotatable bonds is 8. The Labute approximate surface area is 194 Å². The Bertz CT molecular complexity index is 927. The molecule has 4 rings (SSSR count). The molecule has 0 aliphatic heterocycles. The standard InChI is InChI=1S/C28H30N2P2/c1-28(27(30)22-29,31(23-14-6-2-7-15-23)24-16-8-3-9-17-24)32(25-18-10-4-11-19-25)26-20-12-5-13-21-26/h2-21,27H,22,29-30H2,1H3. The Kier molecular flexibility index (Phi) is 7.51. The fraction of sp³-hybridized carbons (Fsp3) is 0.143. The Morgan fingerprint density at radius 3 is 1.03 bits per heavy atom. The van der Waals surface area contributed by atoms with Crippen LogP contribution in [0.1, 0.15) is 6.92 Å². The van der Waals surface area contributed by atoms with Crippen molar-refractivity contribution < 1.29 is 0 Å². The van der Waals surface area contributed by atoms with Crippen molar-refractivity contribution in [2.75, 3.05) is 6.54 Å². The van der Waals surface area contributed by atoms with Crippen LogP contribution < -0.4 is 32.7 Å². The highest BCUT2D eigenvalue weighted by Crippen LogP contribution is 2.65. The molecule has 0 fully saturated rings. The minimum absolute atomic E-state index is 0.166. The summed E-state index contributed by atoms with van der Waals surface area (Å²) in [7, 11) is -1.61. The molecule has 0 saturated carbocycles. The lowest BCUT2D eigenvalue weighted by Gasteiger charge is -2.48. The second-order valence-electron chi connectivity index (χ2n) is 7.95. The second-order valence-corrected chi connectivity index (χ2v) is 13.6. The lowest BCUT2D eigenvalue weighted by Crippen LogP contribution is -2.53. The summed E-state index contributed by atoms with van der Waals surface area (Å²) in [4.78, 5) is -0.259. The average molecular weight is 457 g/mol. The maximum Gasteiger partial charge on any atom is 0.0401 e. The normalized spacial score (nSPS) is 12.8. The van der Waals surface area contributed by atoms with Gasteiger partial charge in [0.05, 0.1) is 0 Å². The molecule has 0 amide bonds. The second kappa shape index (κ2) is 10.5. The summed E-state index contributed by atoms with van der Waals surface area (Å²) in [5, 5.41) is 5.33. The van der Waals surface area contributed by atoms with Gasteiger partial charge in [-0.2, -0.15) is 0 Å². The van der Waals surface area contributed by atoms with E-state index >= 15 is 0 Å². The summed E-state index contributed by atoms with van der Waals surface area (Å²) in [6.45, 7) is 2.81. The Balaban J connectivity index is 2.02. The van der Waals surface area contributed by atoms with Crippen LogP contribution in [0.15, 0.2) is 121 Å². The smallest absolute Gasteiger partial charge is 0.0401 e. The quantitative estimate of drug-likeness (QED) is 0.390. The maximum absolute atomic E-state index is 7.01. The van der Waals surface area contributed by atoms with Gasteiger partial charge in [-0.15, -0.1) is 0 Å². The third kappa shape index (κ3) is 4.56. The van der Waals surface area contributed by atoms with E-state index in [4.69, 9.17) is 11.5 Å². The van der Waals surface area contributed by atoms with Gasteiger partial charge in [0, 0.05) is 17.5 Å². The van der Waals surface area contributed by atoms with Crippen molar-refractivity contribution in [2.45, 2.75) is 17.9 Å². The molecule has 0 aromatic heterocycles. The van der Waals surface area contributed by atoms with E-state index in [1.54, 1.807) is 0 Å². The Morgan fingerprint density at radius 2 is 0.812 bits per heavy atom. The molecule has 0 saturated heterocycles. The topological polar surface area (TPSA) is 52.0 Å². The molecule has 2 nitrogen and oxygen atoms in total. The fourth-order valence-corrected chi connectivity index (χ4v) is 11.9. The molecule has 4 heteroatoms. The predicted octanol–water partition coefficient (Wildman–Crippen LogP) is 4.25. The molecule has 32 heavy (non-hydrogen) atoms. The first-order valence-corrected chi connectivity index (χ1v) is 13.6. The zero-order chi connectivity index (χ0) is 22.4. The molecule has 0 aliphatic carbocycles. The Hall–Kier alpha value is -2.34. The van der Waals surface area contributed by atoms with E-state index in [-0.39, 0.29) is 10.9 Å². The molecule has 4 aromatic carbocycles. The molecule has 4 aromatic rings. The molecule has 0 bridgehead atoms. The summed E-state index contributed by atoms with van der Waals surface area (Å²) in [6, 6.07) is 43.3. The van der Waals surface area contributed by atoms with Gasteiger partial charge in [-0.25, -0.2) is 0 Å². The first-order chi connectivity index (χ1) is 15.7. The van der Waals surface area contributed by atoms with Crippen molar-refractivity contribution >= 4 is 37.1 Å². The van der Waals surface area contributed by atoms with Gasteiger partial charge in [-0.05, 0) is 44.0 Å². The van der Waals surface area contributed by atoms with Gasteiger partial charge in [0.15, 0.2) is 0 Å².